The third kappa shape index (κ3) is 4.52. The van der Waals surface area contributed by atoms with Gasteiger partial charge in [0.1, 0.15) is 5.52 Å². The number of halogens is 1. The molecule has 0 aromatic carbocycles. The van der Waals surface area contributed by atoms with Crippen LogP contribution in [0, 0.1) is 0 Å². The van der Waals surface area contributed by atoms with E-state index in [9.17, 15) is 9.00 Å². The molecule has 0 saturated heterocycles. The van der Waals surface area contributed by atoms with E-state index >= 15 is 0 Å². The van der Waals surface area contributed by atoms with Crippen molar-refractivity contribution in [3.63, 3.8) is 0 Å². The Morgan fingerprint density at radius 1 is 1.57 bits per heavy atom. The number of carboxylic acids is 1. The Labute approximate surface area is 136 Å². The Kier molecular flexibility index (Phi) is 5.77. The molecule has 0 bridgehead atoms. The normalized spacial score (nSPS) is 12.7. The molecule has 0 spiro atoms. The SMILES string of the molecule is CS(=O)CCCn1c(SCC(=O)O)nc2cc(Br)cnc21. The molecule has 2 rings (SSSR count). The quantitative estimate of drug-likeness (QED) is 0.727. The summed E-state index contributed by atoms with van der Waals surface area (Å²) in [5.74, 6) is -0.342. The van der Waals surface area contributed by atoms with E-state index in [0.717, 1.165) is 16.4 Å². The van der Waals surface area contributed by atoms with Crippen LogP contribution in [0.1, 0.15) is 6.42 Å². The highest BCUT2D eigenvalue weighted by Crippen LogP contribution is 2.25. The lowest BCUT2D eigenvalue weighted by Gasteiger charge is -2.06. The molecule has 6 nitrogen and oxygen atoms in total. The molecule has 2 heterocycles. The van der Waals surface area contributed by atoms with Crippen molar-refractivity contribution in [2.24, 2.45) is 0 Å². The highest BCUT2D eigenvalue weighted by atomic mass is 79.9. The molecular weight excluding hydrogens is 378 g/mol. The van der Waals surface area contributed by atoms with Crippen molar-refractivity contribution in [3.05, 3.63) is 16.7 Å². The number of imidazole rings is 1. The van der Waals surface area contributed by atoms with Crippen molar-refractivity contribution < 1.29 is 14.1 Å². The van der Waals surface area contributed by atoms with E-state index in [0.29, 0.717) is 23.1 Å². The lowest BCUT2D eigenvalue weighted by molar-refractivity contribution is -0.133. The molecule has 1 N–H and O–H groups in total. The van der Waals surface area contributed by atoms with Crippen molar-refractivity contribution in [3.8, 4) is 0 Å². The molecule has 2 aromatic rings. The molecule has 0 radical (unpaired) electrons. The van der Waals surface area contributed by atoms with Crippen LogP contribution in [0.3, 0.4) is 0 Å². The number of aryl methyl sites for hydroxylation is 1. The second kappa shape index (κ2) is 7.37. The molecule has 2 aromatic heterocycles. The maximum Gasteiger partial charge on any atom is 0.313 e. The van der Waals surface area contributed by atoms with Gasteiger partial charge >= 0.3 is 5.97 Å². The number of hydrogen-bond donors (Lipinski definition) is 1. The number of rotatable bonds is 7. The predicted octanol–water partition coefficient (Wildman–Crippen LogP) is 2.14. The highest BCUT2D eigenvalue weighted by molar-refractivity contribution is 9.10. The molecule has 1 atom stereocenters. The lowest BCUT2D eigenvalue weighted by atomic mass is 10.4. The molecule has 0 aliphatic heterocycles. The first-order chi connectivity index (χ1) is 9.97. The molecule has 0 aliphatic carbocycles. The summed E-state index contributed by atoms with van der Waals surface area (Å²) in [7, 11) is -0.845. The maximum absolute atomic E-state index is 11.2. The molecule has 0 aliphatic rings. The summed E-state index contributed by atoms with van der Waals surface area (Å²) in [4.78, 5) is 19.5. The molecule has 21 heavy (non-hydrogen) atoms. The molecule has 9 heteroatoms. The van der Waals surface area contributed by atoms with E-state index in [1.807, 2.05) is 10.6 Å². The molecule has 114 valence electrons. The summed E-state index contributed by atoms with van der Waals surface area (Å²) in [5, 5.41) is 9.44. The monoisotopic (exact) mass is 391 g/mol. The van der Waals surface area contributed by atoms with E-state index in [1.54, 1.807) is 12.5 Å². The van der Waals surface area contributed by atoms with Gasteiger partial charge in [-0.15, -0.1) is 0 Å². The van der Waals surface area contributed by atoms with Crippen LogP contribution in [0.4, 0.5) is 0 Å². The zero-order chi connectivity index (χ0) is 15.4. The number of carbonyl (C=O) groups is 1. The molecule has 0 fully saturated rings. The third-order valence-corrected chi connectivity index (χ3v) is 4.91. The van der Waals surface area contributed by atoms with E-state index in [4.69, 9.17) is 5.11 Å². The minimum absolute atomic E-state index is 0.0514. The summed E-state index contributed by atoms with van der Waals surface area (Å²) in [6.45, 7) is 0.618. The van der Waals surface area contributed by atoms with Gasteiger partial charge in [0.25, 0.3) is 0 Å². The van der Waals surface area contributed by atoms with E-state index in [-0.39, 0.29) is 5.75 Å². The number of thioether (sulfide) groups is 1. The summed E-state index contributed by atoms with van der Waals surface area (Å²) >= 11 is 4.51. The largest absolute Gasteiger partial charge is 0.481 e. The van der Waals surface area contributed by atoms with Gasteiger partial charge in [0, 0.05) is 40.0 Å². The van der Waals surface area contributed by atoms with Gasteiger partial charge in [-0.25, -0.2) is 9.97 Å². The number of pyridine rings is 1. The second-order valence-corrected chi connectivity index (χ2v) is 7.77. The Morgan fingerprint density at radius 3 is 3.00 bits per heavy atom. The standard InChI is InChI=1S/C12H14BrN3O3S2/c1-21(19)4-2-3-16-11-9(5-8(13)6-14-11)15-12(16)20-7-10(17)18/h5-6H,2-4,7H2,1H3,(H,17,18). The fraction of sp³-hybridized carbons (Fsp3) is 0.417. The van der Waals surface area contributed by atoms with Crippen molar-refractivity contribution >= 4 is 55.6 Å². The van der Waals surface area contributed by atoms with E-state index in [1.165, 1.54) is 11.8 Å². The van der Waals surface area contributed by atoms with Gasteiger partial charge in [-0.3, -0.25) is 9.00 Å². The fourth-order valence-electron chi connectivity index (χ4n) is 1.83. The van der Waals surface area contributed by atoms with Crippen LogP contribution in [0.5, 0.6) is 0 Å². The van der Waals surface area contributed by atoms with Crippen molar-refractivity contribution in [1.82, 2.24) is 14.5 Å². The number of aliphatic carboxylic acids is 1. The smallest absolute Gasteiger partial charge is 0.313 e. The van der Waals surface area contributed by atoms with Crippen molar-refractivity contribution in [1.29, 1.82) is 0 Å². The van der Waals surface area contributed by atoms with Crippen LogP contribution in [-0.2, 0) is 22.1 Å². The minimum Gasteiger partial charge on any atom is -0.481 e. The summed E-state index contributed by atoms with van der Waals surface area (Å²) in [5.41, 5.74) is 1.43. The number of nitrogens with zero attached hydrogens (tertiary/aromatic N) is 3. The average molecular weight is 392 g/mol. The Bertz CT molecular complexity index is 690. The van der Waals surface area contributed by atoms with Crippen molar-refractivity contribution in [2.75, 3.05) is 17.8 Å². The fourth-order valence-corrected chi connectivity index (χ4v) is 3.43. The van der Waals surface area contributed by atoms with Gasteiger partial charge in [0.15, 0.2) is 10.8 Å². The van der Waals surface area contributed by atoms with Crippen LogP contribution in [0.15, 0.2) is 21.9 Å². The lowest BCUT2D eigenvalue weighted by Crippen LogP contribution is -2.06. The Balaban J connectivity index is 2.29. The van der Waals surface area contributed by atoms with Crippen LogP contribution in [-0.4, -0.2) is 47.6 Å². The summed E-state index contributed by atoms with van der Waals surface area (Å²) in [6, 6.07) is 1.85. The van der Waals surface area contributed by atoms with Crippen LogP contribution in [0.2, 0.25) is 0 Å². The van der Waals surface area contributed by atoms with Gasteiger partial charge in [-0.2, -0.15) is 0 Å². The molecule has 1 unspecified atom stereocenters. The van der Waals surface area contributed by atoms with Crippen molar-refractivity contribution in [2.45, 2.75) is 18.1 Å². The first-order valence-corrected chi connectivity index (χ1v) is 9.64. The summed E-state index contributed by atoms with van der Waals surface area (Å²) < 4.78 is 13.9. The number of fused-ring (bicyclic) bond motifs is 1. The minimum atomic E-state index is -0.887. The van der Waals surface area contributed by atoms with Gasteiger partial charge in [-0.05, 0) is 28.4 Å². The molecule has 0 saturated carbocycles. The van der Waals surface area contributed by atoms with E-state index < -0.39 is 16.8 Å². The zero-order valence-corrected chi connectivity index (χ0v) is 14.5. The first-order valence-electron chi connectivity index (χ1n) is 6.14. The third-order valence-electron chi connectivity index (χ3n) is 2.65. The van der Waals surface area contributed by atoms with Crippen LogP contribution in [0.25, 0.3) is 11.2 Å². The summed E-state index contributed by atoms with van der Waals surface area (Å²) in [6.07, 6.45) is 4.08. The topological polar surface area (TPSA) is 85.1 Å². The molecule has 0 amide bonds. The van der Waals surface area contributed by atoms with Gasteiger partial charge < -0.3 is 9.67 Å². The van der Waals surface area contributed by atoms with Gasteiger partial charge in [0.2, 0.25) is 0 Å². The van der Waals surface area contributed by atoms with Crippen LogP contribution < -0.4 is 0 Å². The average Bonchev–Trinajstić information content (AvgIpc) is 2.73. The number of carboxylic acid groups (broad SMARTS) is 1. The number of aromatic nitrogens is 3. The van der Waals surface area contributed by atoms with Gasteiger partial charge in [-0.1, -0.05) is 11.8 Å². The first kappa shape index (κ1) is 16.4. The second-order valence-electron chi connectivity index (χ2n) is 4.36. The molecular formula is C12H14BrN3O3S2. The maximum atomic E-state index is 11.2. The number of hydrogen-bond acceptors (Lipinski definition) is 5. The van der Waals surface area contributed by atoms with E-state index in [2.05, 4.69) is 25.9 Å². The van der Waals surface area contributed by atoms with Gasteiger partial charge in [0.05, 0.1) is 5.75 Å². The zero-order valence-electron chi connectivity index (χ0n) is 11.3. The predicted molar refractivity (Wildman–Crippen MR) is 87.1 cm³/mol. The Morgan fingerprint density at radius 2 is 2.33 bits per heavy atom. The Hall–Kier alpha value is -0.930. The van der Waals surface area contributed by atoms with Crippen LogP contribution >= 0.6 is 27.7 Å². The highest BCUT2D eigenvalue weighted by Gasteiger charge is 2.14.